The predicted molar refractivity (Wildman–Crippen MR) is 74.6 cm³/mol. The van der Waals surface area contributed by atoms with Crippen LogP contribution in [-0.2, 0) is 16.0 Å². The molecule has 1 rings (SSSR count). The fraction of sp³-hybridized carbons (Fsp3) is 0.533. The van der Waals surface area contributed by atoms with Crippen LogP contribution in [0.1, 0.15) is 25.8 Å². The zero-order valence-corrected chi connectivity index (χ0v) is 11.9. The Morgan fingerprint density at radius 3 is 2.47 bits per heavy atom. The molecule has 4 heteroatoms. The van der Waals surface area contributed by atoms with E-state index in [1.165, 1.54) is 4.90 Å². The van der Waals surface area contributed by atoms with Crippen molar-refractivity contribution in [2.45, 2.75) is 32.5 Å². The van der Waals surface area contributed by atoms with Crippen LogP contribution in [0.2, 0.25) is 0 Å². The molecule has 0 aliphatic heterocycles. The summed E-state index contributed by atoms with van der Waals surface area (Å²) in [5.41, 5.74) is 1.12. The molecule has 19 heavy (non-hydrogen) atoms. The van der Waals surface area contributed by atoms with Crippen LogP contribution in [0.5, 0.6) is 0 Å². The quantitative estimate of drug-likeness (QED) is 0.765. The number of likely N-dealkylation sites (N-methyl/N-ethyl adjacent to an activating group) is 1. The van der Waals surface area contributed by atoms with Crippen LogP contribution in [0.15, 0.2) is 30.3 Å². The minimum atomic E-state index is -1.71. The van der Waals surface area contributed by atoms with Gasteiger partial charge in [0.05, 0.1) is 6.61 Å². The minimum Gasteiger partial charge on any atom is -0.358 e. The summed E-state index contributed by atoms with van der Waals surface area (Å²) >= 11 is 0. The largest absolute Gasteiger partial charge is 0.358 e. The van der Waals surface area contributed by atoms with Gasteiger partial charge < -0.3 is 14.7 Å². The summed E-state index contributed by atoms with van der Waals surface area (Å²) in [5.74, 6) is -2.09. The van der Waals surface area contributed by atoms with Gasteiger partial charge in [-0.3, -0.25) is 4.79 Å². The molecule has 0 saturated carbocycles. The summed E-state index contributed by atoms with van der Waals surface area (Å²) in [6, 6.07) is 9.85. The van der Waals surface area contributed by atoms with Crippen molar-refractivity contribution >= 4 is 5.91 Å². The Kier molecular flexibility index (Phi) is 5.99. The van der Waals surface area contributed by atoms with Crippen molar-refractivity contribution in [3.8, 4) is 0 Å². The third-order valence-electron chi connectivity index (χ3n) is 3.21. The lowest BCUT2D eigenvalue weighted by Gasteiger charge is -2.29. The van der Waals surface area contributed by atoms with Gasteiger partial charge in [0.2, 0.25) is 5.79 Å². The molecule has 0 spiro atoms. The highest BCUT2D eigenvalue weighted by molar-refractivity contribution is 5.83. The fourth-order valence-electron chi connectivity index (χ4n) is 1.74. The predicted octanol–water partition coefficient (Wildman–Crippen LogP) is 1.82. The fourth-order valence-corrected chi connectivity index (χ4v) is 1.74. The number of rotatable bonds is 7. The average Bonchev–Trinajstić information content (AvgIpc) is 2.46. The van der Waals surface area contributed by atoms with Gasteiger partial charge in [-0.05, 0) is 18.9 Å². The van der Waals surface area contributed by atoms with E-state index < -0.39 is 5.79 Å². The third-order valence-corrected chi connectivity index (χ3v) is 3.21. The highest BCUT2D eigenvalue weighted by atomic mass is 16.6. The summed E-state index contributed by atoms with van der Waals surface area (Å²) in [5, 5.41) is 10.3. The van der Waals surface area contributed by atoms with E-state index in [0.29, 0.717) is 19.6 Å². The number of benzene rings is 1. The Balaban J connectivity index is 2.54. The monoisotopic (exact) mass is 265 g/mol. The van der Waals surface area contributed by atoms with Crippen molar-refractivity contribution in [1.29, 1.82) is 0 Å². The first-order chi connectivity index (χ1) is 9.03. The summed E-state index contributed by atoms with van der Waals surface area (Å²) in [6.45, 7) is 4.46. The molecule has 0 saturated heterocycles. The normalized spacial score (nSPS) is 13.9. The molecule has 0 aliphatic rings. The first-order valence-electron chi connectivity index (χ1n) is 6.69. The number of carbonyl (C=O) groups excluding carboxylic acids is 1. The van der Waals surface area contributed by atoms with E-state index in [9.17, 15) is 9.90 Å². The Bertz CT molecular complexity index is 394. The highest BCUT2D eigenvalue weighted by Gasteiger charge is 2.37. The van der Waals surface area contributed by atoms with Gasteiger partial charge in [-0.1, -0.05) is 37.3 Å². The lowest BCUT2D eigenvalue weighted by Crippen LogP contribution is -2.49. The first kappa shape index (κ1) is 15.7. The van der Waals surface area contributed by atoms with Gasteiger partial charge in [0.1, 0.15) is 0 Å². The van der Waals surface area contributed by atoms with Gasteiger partial charge in [0.15, 0.2) is 0 Å². The van der Waals surface area contributed by atoms with E-state index in [2.05, 4.69) is 0 Å². The number of hydrogen-bond donors (Lipinski definition) is 1. The van der Waals surface area contributed by atoms with Gasteiger partial charge in [0.25, 0.3) is 5.91 Å². The molecule has 1 N–H and O–H groups in total. The van der Waals surface area contributed by atoms with E-state index in [1.54, 1.807) is 14.0 Å². The Morgan fingerprint density at radius 1 is 1.32 bits per heavy atom. The number of hydrogen-bond acceptors (Lipinski definition) is 3. The van der Waals surface area contributed by atoms with Crippen LogP contribution < -0.4 is 0 Å². The number of amides is 1. The van der Waals surface area contributed by atoms with Crippen LogP contribution in [0.3, 0.4) is 0 Å². The second-order valence-corrected chi connectivity index (χ2v) is 4.54. The molecule has 1 aromatic rings. The molecule has 0 radical (unpaired) electrons. The molecule has 106 valence electrons. The van der Waals surface area contributed by atoms with E-state index in [1.807, 2.05) is 37.3 Å². The molecule has 0 aliphatic carbocycles. The minimum absolute atomic E-state index is 0.241. The van der Waals surface area contributed by atoms with Crippen molar-refractivity contribution in [3.05, 3.63) is 35.9 Å². The zero-order chi connectivity index (χ0) is 14.3. The molecule has 1 atom stereocenters. The summed E-state index contributed by atoms with van der Waals surface area (Å²) in [7, 11) is 1.66. The van der Waals surface area contributed by atoms with E-state index in [0.717, 1.165) is 5.56 Å². The van der Waals surface area contributed by atoms with E-state index >= 15 is 0 Å². The molecule has 1 aromatic carbocycles. The molecule has 0 bridgehead atoms. The van der Waals surface area contributed by atoms with Crippen LogP contribution >= 0.6 is 0 Å². The number of nitrogens with zero attached hydrogens (tertiary/aromatic N) is 1. The Labute approximate surface area is 115 Å². The van der Waals surface area contributed by atoms with Crippen LogP contribution in [0, 0.1) is 0 Å². The molecule has 1 amide bonds. The van der Waals surface area contributed by atoms with Crippen LogP contribution in [-0.4, -0.2) is 41.9 Å². The van der Waals surface area contributed by atoms with Crippen molar-refractivity contribution in [3.63, 3.8) is 0 Å². The van der Waals surface area contributed by atoms with Crippen molar-refractivity contribution in [2.75, 3.05) is 20.2 Å². The SMILES string of the molecule is CCN(C)C(=O)C(O)(CC)OCCc1ccccc1. The maximum atomic E-state index is 12.0. The van der Waals surface area contributed by atoms with Crippen molar-refractivity contribution < 1.29 is 14.6 Å². The Morgan fingerprint density at radius 2 is 1.95 bits per heavy atom. The Hall–Kier alpha value is -1.39. The van der Waals surface area contributed by atoms with E-state index in [-0.39, 0.29) is 12.3 Å². The molecule has 4 nitrogen and oxygen atoms in total. The van der Waals surface area contributed by atoms with Gasteiger partial charge in [-0.2, -0.15) is 0 Å². The topological polar surface area (TPSA) is 49.8 Å². The maximum Gasteiger partial charge on any atom is 0.282 e. The average molecular weight is 265 g/mol. The number of carbonyl (C=O) groups is 1. The van der Waals surface area contributed by atoms with Gasteiger partial charge in [-0.25, -0.2) is 0 Å². The van der Waals surface area contributed by atoms with Gasteiger partial charge in [0, 0.05) is 20.0 Å². The first-order valence-corrected chi connectivity index (χ1v) is 6.69. The van der Waals surface area contributed by atoms with Gasteiger partial charge >= 0.3 is 0 Å². The highest BCUT2D eigenvalue weighted by Crippen LogP contribution is 2.16. The molecule has 0 fully saturated rings. The second kappa shape index (κ2) is 7.26. The smallest absolute Gasteiger partial charge is 0.282 e. The van der Waals surface area contributed by atoms with Crippen molar-refractivity contribution in [1.82, 2.24) is 4.90 Å². The maximum absolute atomic E-state index is 12.0. The summed E-state index contributed by atoms with van der Waals surface area (Å²) in [6.07, 6.45) is 0.914. The third kappa shape index (κ3) is 4.33. The standard InChI is InChI=1S/C15H23NO3/c1-4-15(18,14(17)16(3)5-2)19-12-11-13-9-7-6-8-10-13/h6-10,18H,4-5,11-12H2,1-3H3. The van der Waals surface area contributed by atoms with Crippen molar-refractivity contribution in [2.24, 2.45) is 0 Å². The molecule has 0 aromatic heterocycles. The second-order valence-electron chi connectivity index (χ2n) is 4.54. The molecular weight excluding hydrogens is 242 g/mol. The summed E-state index contributed by atoms with van der Waals surface area (Å²) in [4.78, 5) is 13.5. The van der Waals surface area contributed by atoms with Crippen LogP contribution in [0.25, 0.3) is 0 Å². The molecular formula is C15H23NO3. The van der Waals surface area contributed by atoms with Crippen LogP contribution in [0.4, 0.5) is 0 Å². The van der Waals surface area contributed by atoms with E-state index in [4.69, 9.17) is 4.74 Å². The number of ether oxygens (including phenoxy) is 1. The lowest BCUT2D eigenvalue weighted by atomic mass is 10.1. The molecule has 1 unspecified atom stereocenters. The van der Waals surface area contributed by atoms with Gasteiger partial charge in [-0.15, -0.1) is 0 Å². The lowest BCUT2D eigenvalue weighted by molar-refractivity contribution is -0.216. The zero-order valence-electron chi connectivity index (χ0n) is 11.9. The molecule has 0 heterocycles. The summed E-state index contributed by atoms with van der Waals surface area (Å²) < 4.78 is 5.43. The number of aliphatic hydroxyl groups is 1.